The minimum atomic E-state index is -1.71. The third kappa shape index (κ3) is 2.52. The lowest BCUT2D eigenvalue weighted by molar-refractivity contribution is 0.867. The molecule has 0 bridgehead atoms. The first-order valence-electron chi connectivity index (χ1n) is 9.09. The second-order valence-electron chi connectivity index (χ2n) is 7.74. The van der Waals surface area contributed by atoms with Gasteiger partial charge in [0.1, 0.15) is 8.07 Å². The zero-order valence-electron chi connectivity index (χ0n) is 15.5. The lowest BCUT2D eigenvalue weighted by atomic mass is 10.0. The van der Waals surface area contributed by atoms with Crippen molar-refractivity contribution in [1.29, 1.82) is 0 Å². The average molecular weight is 344 g/mol. The van der Waals surface area contributed by atoms with Gasteiger partial charge in [-0.3, -0.25) is 0 Å². The van der Waals surface area contributed by atoms with Gasteiger partial charge in [-0.15, -0.1) is 0 Å². The lowest BCUT2D eigenvalue weighted by Gasteiger charge is -2.41. The van der Waals surface area contributed by atoms with Gasteiger partial charge in [-0.1, -0.05) is 75.5 Å². The van der Waals surface area contributed by atoms with Gasteiger partial charge in [0.2, 0.25) is 0 Å². The Hall–Kier alpha value is -2.32. The first-order valence-corrected chi connectivity index (χ1v) is 12.1. The van der Waals surface area contributed by atoms with Crippen LogP contribution < -0.4 is 15.3 Å². The molecule has 1 heterocycles. The SMILES string of the molecule is CC(C)c1ccc2c(c1)N(c1ccccc1)c1ccccc1[Si]2(C)C. The predicted octanol–water partition coefficient (Wildman–Crippen LogP) is 5.42. The standard InChI is InChI=1S/C23H25NSi/c1-17(2)18-14-15-23-21(16-18)24(19-10-6-5-7-11-19)20-12-8-9-13-22(20)25(23,3)4/h5-17H,1-4H3. The van der Waals surface area contributed by atoms with Crippen LogP contribution in [0.25, 0.3) is 0 Å². The van der Waals surface area contributed by atoms with Crippen LogP contribution >= 0.6 is 0 Å². The zero-order valence-corrected chi connectivity index (χ0v) is 16.5. The van der Waals surface area contributed by atoms with Gasteiger partial charge in [0.15, 0.2) is 0 Å². The number of hydrogen-bond acceptors (Lipinski definition) is 1. The van der Waals surface area contributed by atoms with Crippen LogP contribution in [0.5, 0.6) is 0 Å². The van der Waals surface area contributed by atoms with Gasteiger partial charge < -0.3 is 4.90 Å². The molecule has 0 aromatic heterocycles. The summed E-state index contributed by atoms with van der Waals surface area (Å²) in [6.07, 6.45) is 0. The molecule has 0 atom stereocenters. The molecule has 3 aromatic carbocycles. The molecule has 0 unspecified atom stereocenters. The maximum atomic E-state index is 2.47. The maximum Gasteiger partial charge on any atom is 0.117 e. The van der Waals surface area contributed by atoms with Crippen molar-refractivity contribution in [2.45, 2.75) is 32.9 Å². The fourth-order valence-electron chi connectivity index (χ4n) is 3.95. The Labute approximate surface area is 152 Å². The molecule has 1 aliphatic heterocycles. The summed E-state index contributed by atoms with van der Waals surface area (Å²) in [7, 11) is -1.71. The first kappa shape index (κ1) is 16.2. The van der Waals surface area contributed by atoms with E-state index < -0.39 is 8.07 Å². The number of nitrogens with zero attached hydrogens (tertiary/aromatic N) is 1. The van der Waals surface area contributed by atoms with E-state index in [1.54, 1.807) is 0 Å². The highest BCUT2D eigenvalue weighted by Crippen LogP contribution is 2.38. The van der Waals surface area contributed by atoms with Crippen LogP contribution in [-0.2, 0) is 0 Å². The Morgan fingerprint density at radius 1 is 0.720 bits per heavy atom. The Bertz CT molecular complexity index is 912. The van der Waals surface area contributed by atoms with Crippen molar-refractivity contribution in [2.24, 2.45) is 0 Å². The molecule has 0 amide bonds. The molecule has 0 N–H and O–H groups in total. The van der Waals surface area contributed by atoms with E-state index in [0.29, 0.717) is 5.92 Å². The predicted molar refractivity (Wildman–Crippen MR) is 112 cm³/mol. The van der Waals surface area contributed by atoms with Crippen molar-refractivity contribution < 1.29 is 0 Å². The molecule has 0 radical (unpaired) electrons. The van der Waals surface area contributed by atoms with Crippen molar-refractivity contribution in [3.05, 3.63) is 78.4 Å². The molecular weight excluding hydrogens is 318 g/mol. The number of hydrogen-bond donors (Lipinski definition) is 0. The van der Waals surface area contributed by atoms with Crippen LogP contribution in [0.1, 0.15) is 25.3 Å². The summed E-state index contributed by atoms with van der Waals surface area (Å²) < 4.78 is 0. The van der Waals surface area contributed by atoms with Gasteiger partial charge in [0.25, 0.3) is 0 Å². The molecule has 0 aliphatic carbocycles. The Morgan fingerprint density at radius 2 is 1.36 bits per heavy atom. The quantitative estimate of drug-likeness (QED) is 0.562. The molecule has 4 rings (SSSR count). The van der Waals surface area contributed by atoms with Crippen LogP contribution in [0.3, 0.4) is 0 Å². The normalized spacial score (nSPS) is 15.0. The molecule has 126 valence electrons. The number of benzene rings is 3. The first-order chi connectivity index (χ1) is 12.0. The third-order valence-corrected chi connectivity index (χ3v) is 8.97. The largest absolute Gasteiger partial charge is 0.311 e. The second-order valence-corrected chi connectivity index (χ2v) is 12.1. The number of anilines is 3. The van der Waals surface area contributed by atoms with Crippen LogP contribution in [0.15, 0.2) is 72.8 Å². The highest BCUT2D eigenvalue weighted by molar-refractivity contribution is 7.02. The second kappa shape index (κ2) is 5.89. The summed E-state index contributed by atoms with van der Waals surface area (Å²) in [6, 6.07) is 26.9. The van der Waals surface area contributed by atoms with Crippen molar-refractivity contribution in [3.63, 3.8) is 0 Å². The average Bonchev–Trinajstić information content (AvgIpc) is 2.62. The van der Waals surface area contributed by atoms with Crippen molar-refractivity contribution in [1.82, 2.24) is 0 Å². The van der Waals surface area contributed by atoms with E-state index in [-0.39, 0.29) is 0 Å². The van der Waals surface area contributed by atoms with Gasteiger partial charge in [0.05, 0.1) is 0 Å². The molecule has 1 aliphatic rings. The minimum Gasteiger partial charge on any atom is -0.311 e. The van der Waals surface area contributed by atoms with Crippen LogP contribution in [0.4, 0.5) is 17.1 Å². The van der Waals surface area contributed by atoms with Gasteiger partial charge in [-0.2, -0.15) is 0 Å². The summed E-state index contributed by atoms with van der Waals surface area (Å²) in [6.45, 7) is 9.49. The highest BCUT2D eigenvalue weighted by Gasteiger charge is 2.38. The summed E-state index contributed by atoms with van der Waals surface area (Å²) in [5, 5.41) is 3.04. The van der Waals surface area contributed by atoms with E-state index >= 15 is 0 Å². The highest BCUT2D eigenvalue weighted by atomic mass is 28.3. The van der Waals surface area contributed by atoms with Crippen molar-refractivity contribution in [2.75, 3.05) is 4.90 Å². The van der Waals surface area contributed by atoms with E-state index in [4.69, 9.17) is 0 Å². The molecule has 25 heavy (non-hydrogen) atoms. The van der Waals surface area contributed by atoms with Crippen molar-refractivity contribution >= 4 is 35.5 Å². The number of fused-ring (bicyclic) bond motifs is 2. The molecule has 3 aromatic rings. The van der Waals surface area contributed by atoms with Gasteiger partial charge in [-0.25, -0.2) is 0 Å². The monoisotopic (exact) mass is 343 g/mol. The third-order valence-electron chi connectivity index (χ3n) is 5.44. The Morgan fingerprint density at radius 3 is 2.08 bits per heavy atom. The summed E-state index contributed by atoms with van der Waals surface area (Å²) in [5.41, 5.74) is 5.36. The van der Waals surface area contributed by atoms with Gasteiger partial charge >= 0.3 is 0 Å². The molecule has 0 spiro atoms. The Kier molecular flexibility index (Phi) is 3.81. The van der Waals surface area contributed by atoms with E-state index in [1.165, 1.54) is 33.0 Å². The smallest absolute Gasteiger partial charge is 0.117 e. The van der Waals surface area contributed by atoms with Crippen LogP contribution in [0.2, 0.25) is 13.1 Å². The van der Waals surface area contributed by atoms with Crippen molar-refractivity contribution in [3.8, 4) is 0 Å². The van der Waals surface area contributed by atoms with E-state index in [1.807, 2.05) is 0 Å². The van der Waals surface area contributed by atoms with Crippen LogP contribution in [0, 0.1) is 0 Å². The molecule has 1 nitrogen and oxygen atoms in total. The summed E-state index contributed by atoms with van der Waals surface area (Å²) >= 11 is 0. The fraction of sp³-hybridized carbons (Fsp3) is 0.217. The molecule has 0 saturated heterocycles. The minimum absolute atomic E-state index is 0.532. The van der Waals surface area contributed by atoms with Crippen LogP contribution in [-0.4, -0.2) is 8.07 Å². The Balaban J connectivity index is 2.04. The number of para-hydroxylation sites is 2. The van der Waals surface area contributed by atoms with E-state index in [2.05, 4.69) is 105 Å². The summed E-state index contributed by atoms with van der Waals surface area (Å²) in [4.78, 5) is 2.45. The molecule has 2 heteroatoms. The van der Waals surface area contributed by atoms with E-state index in [0.717, 1.165) is 0 Å². The molecule has 0 saturated carbocycles. The van der Waals surface area contributed by atoms with Gasteiger partial charge in [-0.05, 0) is 46.1 Å². The molecule has 0 fully saturated rings. The van der Waals surface area contributed by atoms with E-state index in [9.17, 15) is 0 Å². The fourth-order valence-corrected chi connectivity index (χ4v) is 6.91. The topological polar surface area (TPSA) is 3.24 Å². The lowest BCUT2D eigenvalue weighted by Crippen LogP contribution is -2.58. The zero-order chi connectivity index (χ0) is 17.6. The summed E-state index contributed by atoms with van der Waals surface area (Å²) in [5.74, 6) is 0.532. The van der Waals surface area contributed by atoms with Gasteiger partial charge in [0, 0.05) is 17.1 Å². The molecular formula is C23H25NSi. The maximum absolute atomic E-state index is 2.47. The number of rotatable bonds is 2.